The number of aromatic nitrogens is 1. The van der Waals surface area contributed by atoms with Crippen molar-refractivity contribution in [2.45, 2.75) is 29.9 Å². The molecule has 2 nitrogen and oxygen atoms in total. The van der Waals surface area contributed by atoms with Gasteiger partial charge in [0.15, 0.2) is 0 Å². The molecular formula is C14H15NOS. The zero-order valence-electron chi connectivity index (χ0n) is 9.92. The third kappa shape index (κ3) is 3.32. The van der Waals surface area contributed by atoms with Gasteiger partial charge in [-0.2, -0.15) is 0 Å². The summed E-state index contributed by atoms with van der Waals surface area (Å²) in [4.78, 5) is 5.47. The Labute approximate surface area is 106 Å². The summed E-state index contributed by atoms with van der Waals surface area (Å²) >= 11 is 1.61. The maximum absolute atomic E-state index is 9.52. The Balaban J connectivity index is 2.21. The van der Waals surface area contributed by atoms with Crippen LogP contribution in [0, 0.1) is 6.92 Å². The van der Waals surface area contributed by atoms with Crippen molar-refractivity contribution in [3.05, 3.63) is 53.7 Å². The second-order valence-electron chi connectivity index (χ2n) is 4.02. The van der Waals surface area contributed by atoms with Crippen LogP contribution in [-0.2, 0) is 0 Å². The lowest BCUT2D eigenvalue weighted by Crippen LogP contribution is -1.92. The zero-order valence-corrected chi connectivity index (χ0v) is 10.7. The highest BCUT2D eigenvalue weighted by Gasteiger charge is 2.04. The van der Waals surface area contributed by atoms with Crippen LogP contribution in [0.4, 0.5) is 0 Å². The average Bonchev–Trinajstić information content (AvgIpc) is 2.29. The first-order chi connectivity index (χ1) is 8.15. The first kappa shape index (κ1) is 12.1. The average molecular weight is 245 g/mol. The van der Waals surface area contributed by atoms with E-state index in [4.69, 9.17) is 0 Å². The van der Waals surface area contributed by atoms with E-state index in [-0.39, 0.29) is 0 Å². The number of hydrogen-bond acceptors (Lipinski definition) is 3. The van der Waals surface area contributed by atoms with Crippen LogP contribution in [0.2, 0.25) is 0 Å². The van der Waals surface area contributed by atoms with Crippen LogP contribution in [0.1, 0.15) is 24.2 Å². The number of aliphatic hydroxyl groups is 1. The van der Waals surface area contributed by atoms with Crippen molar-refractivity contribution in [3.63, 3.8) is 0 Å². The van der Waals surface area contributed by atoms with Gasteiger partial charge in [0, 0.05) is 11.1 Å². The van der Waals surface area contributed by atoms with Gasteiger partial charge in [0.2, 0.25) is 0 Å². The molecule has 0 saturated heterocycles. The van der Waals surface area contributed by atoms with Gasteiger partial charge in [-0.25, -0.2) is 4.98 Å². The number of benzene rings is 1. The molecule has 2 aromatic rings. The first-order valence-corrected chi connectivity index (χ1v) is 6.35. The fourth-order valence-corrected chi connectivity index (χ4v) is 2.48. The molecule has 0 aliphatic rings. The van der Waals surface area contributed by atoms with Crippen molar-refractivity contribution in [2.75, 3.05) is 0 Å². The Morgan fingerprint density at radius 2 is 2.06 bits per heavy atom. The van der Waals surface area contributed by atoms with E-state index in [1.54, 1.807) is 24.9 Å². The highest BCUT2D eigenvalue weighted by atomic mass is 32.2. The van der Waals surface area contributed by atoms with E-state index in [0.717, 1.165) is 10.6 Å². The summed E-state index contributed by atoms with van der Waals surface area (Å²) in [6.45, 7) is 3.83. The Hall–Kier alpha value is -1.32. The minimum atomic E-state index is -0.449. The highest BCUT2D eigenvalue weighted by Crippen LogP contribution is 2.27. The second-order valence-corrected chi connectivity index (χ2v) is 5.12. The SMILES string of the molecule is Cc1cccc(Sc2cc([C@H](C)O)ccn2)c1. The largest absolute Gasteiger partial charge is 0.389 e. The number of pyridine rings is 1. The van der Waals surface area contributed by atoms with E-state index >= 15 is 0 Å². The summed E-state index contributed by atoms with van der Waals surface area (Å²) in [5.74, 6) is 0. The number of aliphatic hydroxyl groups excluding tert-OH is 1. The molecule has 0 aliphatic heterocycles. The summed E-state index contributed by atoms with van der Waals surface area (Å²) in [5, 5.41) is 10.4. The molecule has 17 heavy (non-hydrogen) atoms. The fraction of sp³-hybridized carbons (Fsp3) is 0.214. The van der Waals surface area contributed by atoms with Gasteiger partial charge in [0.1, 0.15) is 5.03 Å². The van der Waals surface area contributed by atoms with E-state index in [9.17, 15) is 5.11 Å². The molecule has 88 valence electrons. The van der Waals surface area contributed by atoms with Crippen LogP contribution in [0.25, 0.3) is 0 Å². The van der Waals surface area contributed by atoms with Gasteiger partial charge in [-0.1, -0.05) is 29.5 Å². The molecule has 0 amide bonds. The molecule has 0 unspecified atom stereocenters. The van der Waals surface area contributed by atoms with Crippen LogP contribution in [0.3, 0.4) is 0 Å². The molecule has 1 N–H and O–H groups in total. The molecule has 0 fully saturated rings. The standard InChI is InChI=1S/C14H15NOS/c1-10-4-3-5-13(8-10)17-14-9-12(11(2)16)6-7-15-14/h3-9,11,16H,1-2H3/t11-/m0/s1. The Morgan fingerprint density at radius 3 is 2.76 bits per heavy atom. The van der Waals surface area contributed by atoms with Gasteiger partial charge in [0.25, 0.3) is 0 Å². The van der Waals surface area contributed by atoms with E-state index < -0.39 is 6.10 Å². The zero-order chi connectivity index (χ0) is 12.3. The monoisotopic (exact) mass is 245 g/mol. The lowest BCUT2D eigenvalue weighted by atomic mass is 10.2. The smallest absolute Gasteiger partial charge is 0.101 e. The highest BCUT2D eigenvalue weighted by molar-refractivity contribution is 7.99. The Kier molecular flexibility index (Phi) is 3.82. The predicted molar refractivity (Wildman–Crippen MR) is 70.2 cm³/mol. The summed E-state index contributed by atoms with van der Waals surface area (Å²) in [6.07, 6.45) is 1.29. The lowest BCUT2D eigenvalue weighted by Gasteiger charge is -2.06. The second kappa shape index (κ2) is 5.34. The molecule has 0 spiro atoms. The maximum atomic E-state index is 9.52. The van der Waals surface area contributed by atoms with E-state index in [0.29, 0.717) is 0 Å². The molecule has 2 rings (SSSR count). The van der Waals surface area contributed by atoms with Gasteiger partial charge < -0.3 is 5.11 Å². The molecule has 0 saturated carbocycles. The number of rotatable bonds is 3. The molecule has 1 atom stereocenters. The Morgan fingerprint density at radius 1 is 1.24 bits per heavy atom. The third-order valence-electron chi connectivity index (χ3n) is 2.45. The molecule has 0 bridgehead atoms. The van der Waals surface area contributed by atoms with Crippen molar-refractivity contribution >= 4 is 11.8 Å². The van der Waals surface area contributed by atoms with Gasteiger partial charge in [0.05, 0.1) is 6.10 Å². The number of hydrogen-bond donors (Lipinski definition) is 1. The summed E-state index contributed by atoms with van der Waals surface area (Å²) in [5.41, 5.74) is 2.14. The van der Waals surface area contributed by atoms with Crippen molar-refractivity contribution in [1.82, 2.24) is 4.98 Å². The van der Waals surface area contributed by atoms with Crippen LogP contribution < -0.4 is 0 Å². The third-order valence-corrected chi connectivity index (χ3v) is 3.38. The van der Waals surface area contributed by atoms with Gasteiger partial charge >= 0.3 is 0 Å². The van der Waals surface area contributed by atoms with E-state index in [1.165, 1.54) is 10.5 Å². The first-order valence-electron chi connectivity index (χ1n) is 5.54. The summed E-state index contributed by atoms with van der Waals surface area (Å²) < 4.78 is 0. The quantitative estimate of drug-likeness (QED) is 0.897. The minimum Gasteiger partial charge on any atom is -0.389 e. The van der Waals surface area contributed by atoms with E-state index in [1.807, 2.05) is 18.2 Å². The van der Waals surface area contributed by atoms with Crippen LogP contribution in [-0.4, -0.2) is 10.1 Å². The van der Waals surface area contributed by atoms with Crippen LogP contribution in [0.5, 0.6) is 0 Å². The molecule has 3 heteroatoms. The molecule has 0 aliphatic carbocycles. The normalized spacial score (nSPS) is 12.4. The molecule has 1 aromatic carbocycles. The lowest BCUT2D eigenvalue weighted by molar-refractivity contribution is 0.199. The summed E-state index contributed by atoms with van der Waals surface area (Å²) in [6, 6.07) is 12.1. The van der Waals surface area contributed by atoms with Gasteiger partial charge in [-0.3, -0.25) is 0 Å². The maximum Gasteiger partial charge on any atom is 0.101 e. The molecular weight excluding hydrogens is 230 g/mol. The van der Waals surface area contributed by atoms with Crippen LogP contribution in [0.15, 0.2) is 52.5 Å². The fourth-order valence-electron chi connectivity index (χ4n) is 1.54. The van der Waals surface area contributed by atoms with Crippen molar-refractivity contribution < 1.29 is 5.11 Å². The summed E-state index contributed by atoms with van der Waals surface area (Å²) in [7, 11) is 0. The predicted octanol–water partition coefficient (Wildman–Crippen LogP) is 3.59. The number of aryl methyl sites for hydroxylation is 1. The van der Waals surface area contributed by atoms with E-state index in [2.05, 4.69) is 30.1 Å². The van der Waals surface area contributed by atoms with Crippen molar-refractivity contribution in [2.24, 2.45) is 0 Å². The molecule has 1 aromatic heterocycles. The topological polar surface area (TPSA) is 33.1 Å². The van der Waals surface area contributed by atoms with Gasteiger partial charge in [-0.05, 0) is 43.7 Å². The van der Waals surface area contributed by atoms with Crippen LogP contribution >= 0.6 is 11.8 Å². The van der Waals surface area contributed by atoms with Crippen molar-refractivity contribution in [3.8, 4) is 0 Å². The minimum absolute atomic E-state index is 0.449. The molecule has 1 heterocycles. The van der Waals surface area contributed by atoms with Gasteiger partial charge in [-0.15, -0.1) is 0 Å². The Bertz CT molecular complexity index is 511. The van der Waals surface area contributed by atoms with Crippen molar-refractivity contribution in [1.29, 1.82) is 0 Å². The number of nitrogens with zero attached hydrogens (tertiary/aromatic N) is 1. The molecule has 0 radical (unpaired) electrons.